The Bertz CT molecular complexity index is 718. The first-order valence-corrected chi connectivity index (χ1v) is 7.42. The number of anilines is 1. The molecule has 2 N–H and O–H groups in total. The molecule has 0 saturated heterocycles. The van der Waals surface area contributed by atoms with Gasteiger partial charge in [0, 0.05) is 16.3 Å². The molecule has 7 heteroatoms. The van der Waals surface area contributed by atoms with Crippen molar-refractivity contribution in [1.82, 2.24) is 5.32 Å². The fourth-order valence-electron chi connectivity index (χ4n) is 1.81. The van der Waals surface area contributed by atoms with Crippen molar-refractivity contribution in [2.24, 2.45) is 0 Å². The Morgan fingerprint density at radius 3 is 2.39 bits per heavy atom. The molecule has 0 saturated carbocycles. The lowest BCUT2D eigenvalue weighted by Gasteiger charge is -2.09. The number of rotatable bonds is 5. The zero-order valence-corrected chi connectivity index (χ0v) is 13.7. The van der Waals surface area contributed by atoms with E-state index in [1.54, 1.807) is 42.5 Å². The van der Waals surface area contributed by atoms with Gasteiger partial charge in [-0.3, -0.25) is 9.59 Å². The maximum absolute atomic E-state index is 11.9. The number of hydrogen-bond acceptors (Lipinski definition) is 3. The van der Waals surface area contributed by atoms with E-state index in [2.05, 4.69) is 10.6 Å². The second-order valence-corrected chi connectivity index (χ2v) is 5.43. The molecule has 2 rings (SSSR count). The Morgan fingerprint density at radius 2 is 1.78 bits per heavy atom. The van der Waals surface area contributed by atoms with Crippen molar-refractivity contribution < 1.29 is 14.3 Å². The number of methoxy groups -OCH3 is 1. The molecule has 0 aliphatic rings. The molecule has 2 aromatic rings. The van der Waals surface area contributed by atoms with Crippen molar-refractivity contribution in [3.8, 4) is 5.75 Å². The van der Waals surface area contributed by atoms with Gasteiger partial charge in [0.05, 0.1) is 18.7 Å². The van der Waals surface area contributed by atoms with E-state index in [0.29, 0.717) is 27.0 Å². The van der Waals surface area contributed by atoms with Crippen molar-refractivity contribution in [3.63, 3.8) is 0 Å². The fourth-order valence-corrected chi connectivity index (χ4v) is 2.20. The van der Waals surface area contributed by atoms with Gasteiger partial charge in [-0.25, -0.2) is 0 Å². The summed E-state index contributed by atoms with van der Waals surface area (Å²) in [4.78, 5) is 23.7. The van der Waals surface area contributed by atoms with E-state index < -0.39 is 0 Å². The molecule has 0 bridgehead atoms. The molecule has 0 atom stereocenters. The summed E-state index contributed by atoms with van der Waals surface area (Å²) in [6.45, 7) is -0.162. The number of carbonyl (C=O) groups is 2. The second-order valence-electron chi connectivity index (χ2n) is 4.59. The number of halogens is 2. The van der Waals surface area contributed by atoms with Crippen LogP contribution in [0.3, 0.4) is 0 Å². The minimum Gasteiger partial charge on any atom is -0.495 e. The molecule has 2 amide bonds. The maximum Gasteiger partial charge on any atom is 0.251 e. The van der Waals surface area contributed by atoms with Gasteiger partial charge in [0.1, 0.15) is 5.75 Å². The number of carbonyl (C=O) groups excluding carboxylic acids is 2. The summed E-state index contributed by atoms with van der Waals surface area (Å²) in [5.41, 5.74) is 0.941. The molecule has 0 heterocycles. The molecule has 0 aliphatic carbocycles. The standard InChI is InChI=1S/C16H14Cl2N2O3/c1-23-14-7-6-12(8-13(14)18)20-15(21)9-19-16(22)10-2-4-11(17)5-3-10/h2-8H,9H2,1H3,(H,19,22)(H,20,21). The van der Waals surface area contributed by atoms with Gasteiger partial charge < -0.3 is 15.4 Å². The summed E-state index contributed by atoms with van der Waals surface area (Å²) in [6.07, 6.45) is 0. The molecule has 0 radical (unpaired) electrons. The number of hydrogen-bond donors (Lipinski definition) is 2. The maximum atomic E-state index is 11.9. The highest BCUT2D eigenvalue weighted by Crippen LogP contribution is 2.27. The molecule has 0 aromatic heterocycles. The van der Waals surface area contributed by atoms with E-state index in [0.717, 1.165) is 0 Å². The Hall–Kier alpha value is -2.24. The summed E-state index contributed by atoms with van der Waals surface area (Å²) in [6, 6.07) is 11.2. The van der Waals surface area contributed by atoms with Crippen LogP contribution in [0.25, 0.3) is 0 Å². The third-order valence-electron chi connectivity index (χ3n) is 2.95. The van der Waals surface area contributed by atoms with Crippen LogP contribution < -0.4 is 15.4 Å². The summed E-state index contributed by atoms with van der Waals surface area (Å²) < 4.78 is 5.03. The van der Waals surface area contributed by atoms with E-state index >= 15 is 0 Å². The van der Waals surface area contributed by atoms with E-state index in [1.165, 1.54) is 7.11 Å². The Balaban J connectivity index is 1.88. The first kappa shape index (κ1) is 17.1. The monoisotopic (exact) mass is 352 g/mol. The van der Waals surface area contributed by atoms with E-state index in [9.17, 15) is 9.59 Å². The molecule has 120 valence electrons. The lowest BCUT2D eigenvalue weighted by atomic mass is 10.2. The molecule has 23 heavy (non-hydrogen) atoms. The summed E-state index contributed by atoms with van der Waals surface area (Å²) in [5.74, 6) is -0.209. The minimum atomic E-state index is -0.367. The van der Waals surface area contributed by atoms with E-state index in [4.69, 9.17) is 27.9 Å². The SMILES string of the molecule is COc1ccc(NC(=O)CNC(=O)c2ccc(Cl)cc2)cc1Cl. The Kier molecular flexibility index (Phi) is 5.84. The van der Waals surface area contributed by atoms with Crippen LogP contribution in [-0.4, -0.2) is 25.5 Å². The lowest BCUT2D eigenvalue weighted by Crippen LogP contribution is -2.32. The van der Waals surface area contributed by atoms with Crippen molar-refractivity contribution in [1.29, 1.82) is 0 Å². The van der Waals surface area contributed by atoms with Gasteiger partial charge in [0.2, 0.25) is 5.91 Å². The number of benzene rings is 2. The molecule has 2 aromatic carbocycles. The van der Waals surface area contributed by atoms with Crippen LogP contribution in [0.1, 0.15) is 10.4 Å². The van der Waals surface area contributed by atoms with Crippen molar-refractivity contribution in [3.05, 3.63) is 58.1 Å². The number of ether oxygens (including phenoxy) is 1. The van der Waals surface area contributed by atoms with Gasteiger partial charge in [-0.2, -0.15) is 0 Å². The Morgan fingerprint density at radius 1 is 1.09 bits per heavy atom. The minimum absolute atomic E-state index is 0.162. The number of nitrogens with one attached hydrogen (secondary N) is 2. The summed E-state index contributed by atoms with van der Waals surface area (Å²) in [5, 5.41) is 6.08. The normalized spacial score (nSPS) is 10.0. The average molecular weight is 353 g/mol. The topological polar surface area (TPSA) is 67.4 Å². The van der Waals surface area contributed by atoms with Crippen LogP contribution in [0.2, 0.25) is 10.0 Å². The van der Waals surface area contributed by atoms with Gasteiger partial charge >= 0.3 is 0 Å². The highest BCUT2D eigenvalue weighted by molar-refractivity contribution is 6.32. The first-order chi connectivity index (χ1) is 11.0. The summed E-state index contributed by atoms with van der Waals surface area (Å²) in [7, 11) is 1.51. The van der Waals surface area contributed by atoms with Crippen molar-refractivity contribution in [2.45, 2.75) is 0 Å². The largest absolute Gasteiger partial charge is 0.495 e. The average Bonchev–Trinajstić information content (AvgIpc) is 2.53. The third kappa shape index (κ3) is 4.87. The molecular formula is C16H14Cl2N2O3. The molecule has 0 spiro atoms. The quantitative estimate of drug-likeness (QED) is 0.866. The van der Waals surface area contributed by atoms with Crippen LogP contribution in [0.5, 0.6) is 5.75 Å². The smallest absolute Gasteiger partial charge is 0.251 e. The van der Waals surface area contributed by atoms with E-state index in [-0.39, 0.29) is 18.4 Å². The first-order valence-electron chi connectivity index (χ1n) is 6.67. The van der Waals surface area contributed by atoms with Gasteiger partial charge in [0.15, 0.2) is 0 Å². The van der Waals surface area contributed by atoms with Crippen molar-refractivity contribution >= 4 is 40.7 Å². The Labute approximate surface area is 143 Å². The van der Waals surface area contributed by atoms with E-state index in [1.807, 2.05) is 0 Å². The fraction of sp³-hybridized carbons (Fsp3) is 0.125. The third-order valence-corrected chi connectivity index (χ3v) is 3.50. The zero-order valence-electron chi connectivity index (χ0n) is 12.2. The molecule has 0 aliphatic heterocycles. The van der Waals surface area contributed by atoms with Gasteiger partial charge in [0.25, 0.3) is 5.91 Å². The van der Waals surface area contributed by atoms with Crippen LogP contribution >= 0.6 is 23.2 Å². The van der Waals surface area contributed by atoms with Crippen molar-refractivity contribution in [2.75, 3.05) is 19.0 Å². The zero-order chi connectivity index (χ0) is 16.8. The highest BCUT2D eigenvalue weighted by Gasteiger charge is 2.09. The molecule has 5 nitrogen and oxygen atoms in total. The highest BCUT2D eigenvalue weighted by atomic mass is 35.5. The van der Waals surface area contributed by atoms with Gasteiger partial charge in [-0.15, -0.1) is 0 Å². The van der Waals surface area contributed by atoms with Gasteiger partial charge in [-0.1, -0.05) is 23.2 Å². The predicted octanol–water partition coefficient (Wildman–Crippen LogP) is 3.37. The van der Waals surface area contributed by atoms with Gasteiger partial charge in [-0.05, 0) is 42.5 Å². The molecule has 0 fully saturated rings. The summed E-state index contributed by atoms with van der Waals surface area (Å²) >= 11 is 11.7. The number of amides is 2. The lowest BCUT2D eigenvalue weighted by molar-refractivity contribution is -0.115. The van der Waals surface area contributed by atoms with Crippen LogP contribution in [0.15, 0.2) is 42.5 Å². The second kappa shape index (κ2) is 7.85. The predicted molar refractivity (Wildman–Crippen MR) is 90.4 cm³/mol. The van der Waals surface area contributed by atoms with Crippen LogP contribution in [0, 0.1) is 0 Å². The van der Waals surface area contributed by atoms with Crippen LogP contribution in [-0.2, 0) is 4.79 Å². The van der Waals surface area contributed by atoms with Crippen LogP contribution in [0.4, 0.5) is 5.69 Å². The molecular weight excluding hydrogens is 339 g/mol. The molecule has 0 unspecified atom stereocenters.